The molecule has 2 aromatic carbocycles. The molecular formula is C19H16ClFN2O4. The highest BCUT2D eigenvalue weighted by Crippen LogP contribution is 2.34. The van der Waals surface area contributed by atoms with Gasteiger partial charge in [0.1, 0.15) is 11.4 Å². The number of urea groups is 1. The van der Waals surface area contributed by atoms with Crippen molar-refractivity contribution in [3.8, 4) is 11.5 Å². The lowest BCUT2D eigenvalue weighted by molar-refractivity contribution is -0.131. The van der Waals surface area contributed by atoms with Crippen molar-refractivity contribution in [1.82, 2.24) is 10.2 Å². The Hall–Kier alpha value is -2.80. The van der Waals surface area contributed by atoms with E-state index < -0.39 is 17.4 Å². The largest absolute Gasteiger partial charge is 0.454 e. The van der Waals surface area contributed by atoms with Crippen LogP contribution in [0.1, 0.15) is 18.1 Å². The molecule has 0 aliphatic carbocycles. The predicted molar refractivity (Wildman–Crippen MR) is 95.2 cm³/mol. The minimum absolute atomic E-state index is 0.0273. The van der Waals surface area contributed by atoms with Crippen LogP contribution < -0.4 is 14.8 Å². The molecule has 8 heteroatoms. The van der Waals surface area contributed by atoms with Gasteiger partial charge in [-0.05, 0) is 42.3 Å². The van der Waals surface area contributed by atoms with Gasteiger partial charge >= 0.3 is 6.03 Å². The number of halogens is 2. The number of benzene rings is 2. The molecule has 3 amide bonds. The molecule has 2 aliphatic heterocycles. The van der Waals surface area contributed by atoms with E-state index in [1.807, 2.05) is 6.07 Å². The number of hydrogen-bond acceptors (Lipinski definition) is 4. The summed E-state index contributed by atoms with van der Waals surface area (Å²) in [5.41, 5.74) is 0.225. The Kier molecular flexibility index (Phi) is 4.19. The molecular weight excluding hydrogens is 375 g/mol. The fraction of sp³-hybridized carbons (Fsp3) is 0.263. The molecule has 1 atom stereocenters. The summed E-state index contributed by atoms with van der Waals surface area (Å²) >= 11 is 6.02. The smallest absolute Gasteiger partial charge is 0.325 e. The Labute approximate surface area is 159 Å². The topological polar surface area (TPSA) is 67.9 Å². The predicted octanol–water partition coefficient (Wildman–Crippen LogP) is 3.26. The van der Waals surface area contributed by atoms with E-state index in [2.05, 4.69) is 5.32 Å². The van der Waals surface area contributed by atoms with Crippen molar-refractivity contribution < 1.29 is 23.5 Å². The third-order valence-electron chi connectivity index (χ3n) is 4.68. The minimum Gasteiger partial charge on any atom is -0.454 e. The molecule has 140 valence electrons. The molecule has 2 heterocycles. The molecule has 1 N–H and O–H groups in total. The molecule has 2 aromatic rings. The van der Waals surface area contributed by atoms with E-state index in [9.17, 15) is 14.0 Å². The summed E-state index contributed by atoms with van der Waals surface area (Å²) in [5, 5.41) is 2.91. The number of carbonyl (C=O) groups is 2. The highest BCUT2D eigenvalue weighted by Gasteiger charge is 2.47. The van der Waals surface area contributed by atoms with Crippen LogP contribution in [-0.2, 0) is 17.8 Å². The van der Waals surface area contributed by atoms with E-state index in [1.165, 1.54) is 12.1 Å². The van der Waals surface area contributed by atoms with Gasteiger partial charge in [0.05, 0.1) is 6.54 Å². The molecule has 0 spiro atoms. The quantitative estimate of drug-likeness (QED) is 0.814. The zero-order chi connectivity index (χ0) is 19.2. The fourth-order valence-electron chi connectivity index (χ4n) is 3.29. The summed E-state index contributed by atoms with van der Waals surface area (Å²) in [6.45, 7) is 1.81. The van der Waals surface area contributed by atoms with E-state index in [0.29, 0.717) is 23.5 Å². The summed E-state index contributed by atoms with van der Waals surface area (Å²) in [6.07, 6.45) is 0.294. The van der Waals surface area contributed by atoms with Crippen molar-refractivity contribution >= 4 is 23.5 Å². The number of hydrogen-bond donors (Lipinski definition) is 1. The average Bonchev–Trinajstić information content (AvgIpc) is 3.15. The first-order chi connectivity index (χ1) is 12.9. The van der Waals surface area contributed by atoms with Crippen molar-refractivity contribution in [3.05, 3.63) is 58.4 Å². The first-order valence-electron chi connectivity index (χ1n) is 8.32. The van der Waals surface area contributed by atoms with Crippen LogP contribution in [0.2, 0.25) is 5.02 Å². The van der Waals surface area contributed by atoms with Gasteiger partial charge in [-0.25, -0.2) is 9.18 Å². The zero-order valence-corrected chi connectivity index (χ0v) is 15.2. The first-order valence-corrected chi connectivity index (χ1v) is 8.70. The van der Waals surface area contributed by atoms with Crippen molar-refractivity contribution in [3.63, 3.8) is 0 Å². The monoisotopic (exact) mass is 390 g/mol. The number of ether oxygens (including phenoxy) is 2. The minimum atomic E-state index is -1.10. The van der Waals surface area contributed by atoms with Crippen LogP contribution in [0.25, 0.3) is 0 Å². The molecule has 0 bridgehead atoms. The number of imide groups is 1. The van der Waals surface area contributed by atoms with Gasteiger partial charge in [-0.2, -0.15) is 0 Å². The number of carbonyl (C=O) groups excluding carboxylic acids is 2. The number of rotatable bonds is 4. The highest BCUT2D eigenvalue weighted by atomic mass is 35.5. The molecule has 1 fully saturated rings. The van der Waals surface area contributed by atoms with E-state index in [1.54, 1.807) is 19.1 Å². The summed E-state index contributed by atoms with van der Waals surface area (Å²) < 4.78 is 23.9. The molecule has 27 heavy (non-hydrogen) atoms. The van der Waals surface area contributed by atoms with Crippen molar-refractivity contribution in [2.75, 3.05) is 6.79 Å². The molecule has 0 aromatic heterocycles. The second-order valence-corrected chi connectivity index (χ2v) is 7.16. The van der Waals surface area contributed by atoms with Gasteiger partial charge in [-0.15, -0.1) is 0 Å². The lowest BCUT2D eigenvalue weighted by Gasteiger charge is -2.22. The molecule has 2 aliphatic rings. The molecule has 1 unspecified atom stereocenters. The van der Waals surface area contributed by atoms with Crippen LogP contribution >= 0.6 is 11.6 Å². The van der Waals surface area contributed by atoms with Crippen LogP contribution in [-0.4, -0.2) is 29.2 Å². The third-order valence-corrected chi connectivity index (χ3v) is 5.04. The standard InChI is InChI=1S/C19H16ClFN2O4/c1-19(8-11-2-5-15-16(6-11)27-10-26-15)17(24)23(18(25)22-19)9-12-3-4-13(21)7-14(12)20/h2-7H,8-10H2,1H3,(H,22,25). The van der Waals surface area contributed by atoms with E-state index in [0.717, 1.165) is 16.5 Å². The average molecular weight is 391 g/mol. The number of nitrogens with zero attached hydrogens (tertiary/aromatic N) is 1. The molecule has 0 saturated carbocycles. The Balaban J connectivity index is 1.54. The maximum Gasteiger partial charge on any atom is 0.325 e. The van der Waals surface area contributed by atoms with Gasteiger partial charge in [0.15, 0.2) is 11.5 Å². The summed E-state index contributed by atoms with van der Waals surface area (Å²) in [5.74, 6) is 0.417. The Morgan fingerprint density at radius 2 is 1.96 bits per heavy atom. The Morgan fingerprint density at radius 3 is 2.74 bits per heavy atom. The van der Waals surface area contributed by atoms with Gasteiger partial charge < -0.3 is 14.8 Å². The summed E-state index contributed by atoms with van der Waals surface area (Å²) in [4.78, 5) is 26.4. The van der Waals surface area contributed by atoms with Crippen LogP contribution in [0.5, 0.6) is 11.5 Å². The van der Waals surface area contributed by atoms with Crippen LogP contribution in [0.15, 0.2) is 36.4 Å². The van der Waals surface area contributed by atoms with Gasteiger partial charge in [-0.3, -0.25) is 9.69 Å². The molecule has 0 radical (unpaired) electrons. The Bertz CT molecular complexity index is 951. The lowest BCUT2D eigenvalue weighted by atomic mass is 9.92. The van der Waals surface area contributed by atoms with Gasteiger partial charge in [0.2, 0.25) is 6.79 Å². The first kappa shape index (κ1) is 17.6. The van der Waals surface area contributed by atoms with Gasteiger partial charge in [0, 0.05) is 11.4 Å². The van der Waals surface area contributed by atoms with E-state index >= 15 is 0 Å². The second-order valence-electron chi connectivity index (χ2n) is 6.75. The van der Waals surface area contributed by atoms with Crippen molar-refractivity contribution in [2.45, 2.75) is 25.4 Å². The van der Waals surface area contributed by atoms with Crippen LogP contribution in [0.3, 0.4) is 0 Å². The number of amides is 3. The van der Waals surface area contributed by atoms with Crippen molar-refractivity contribution in [1.29, 1.82) is 0 Å². The number of fused-ring (bicyclic) bond motifs is 1. The summed E-state index contributed by atoms with van der Waals surface area (Å²) in [6, 6.07) is 8.75. The molecule has 6 nitrogen and oxygen atoms in total. The molecule has 4 rings (SSSR count). The van der Waals surface area contributed by atoms with Crippen LogP contribution in [0, 0.1) is 5.82 Å². The Morgan fingerprint density at radius 1 is 1.19 bits per heavy atom. The zero-order valence-electron chi connectivity index (χ0n) is 14.4. The number of nitrogens with one attached hydrogen (secondary N) is 1. The lowest BCUT2D eigenvalue weighted by Crippen LogP contribution is -2.45. The van der Waals surface area contributed by atoms with Gasteiger partial charge in [0.25, 0.3) is 5.91 Å². The maximum atomic E-state index is 13.2. The van der Waals surface area contributed by atoms with E-state index in [-0.39, 0.29) is 24.3 Å². The maximum absolute atomic E-state index is 13.2. The SMILES string of the molecule is CC1(Cc2ccc3c(c2)OCO3)NC(=O)N(Cc2ccc(F)cc2Cl)C1=O. The summed E-state index contributed by atoms with van der Waals surface area (Å²) in [7, 11) is 0. The van der Waals surface area contributed by atoms with Gasteiger partial charge in [-0.1, -0.05) is 23.7 Å². The van der Waals surface area contributed by atoms with Crippen LogP contribution in [0.4, 0.5) is 9.18 Å². The molecule has 1 saturated heterocycles. The van der Waals surface area contributed by atoms with Crippen molar-refractivity contribution in [2.24, 2.45) is 0 Å². The third kappa shape index (κ3) is 3.19. The fourth-order valence-corrected chi connectivity index (χ4v) is 3.52. The normalized spacial score (nSPS) is 20.9. The van der Waals surface area contributed by atoms with E-state index in [4.69, 9.17) is 21.1 Å². The second kappa shape index (κ2) is 6.42. The highest BCUT2D eigenvalue weighted by molar-refractivity contribution is 6.31.